The van der Waals surface area contributed by atoms with Gasteiger partial charge in [0.15, 0.2) is 0 Å². The van der Waals surface area contributed by atoms with Gasteiger partial charge >= 0.3 is 11.9 Å². The van der Waals surface area contributed by atoms with Crippen LogP contribution in [0.15, 0.2) is 60.7 Å². The van der Waals surface area contributed by atoms with Crippen molar-refractivity contribution in [3.8, 4) is 0 Å². The molecule has 4 unspecified atom stereocenters. The Bertz CT molecular complexity index is 1190. The lowest BCUT2D eigenvalue weighted by Gasteiger charge is -2.25. The number of nitrogens with one attached hydrogen (secondary N) is 3. The summed E-state index contributed by atoms with van der Waals surface area (Å²) in [5, 5.41) is 26.0. The molecule has 2 aromatic carbocycles. The summed E-state index contributed by atoms with van der Waals surface area (Å²) in [6.07, 6.45) is -1.18. The van der Waals surface area contributed by atoms with Crippen LogP contribution in [0, 0.1) is 0 Å². The second-order valence-corrected chi connectivity index (χ2v) is 9.11. The van der Waals surface area contributed by atoms with Gasteiger partial charge in [-0.05, 0) is 17.5 Å². The van der Waals surface area contributed by atoms with Crippen LogP contribution in [0.1, 0.15) is 30.4 Å². The summed E-state index contributed by atoms with van der Waals surface area (Å²) in [5.41, 5.74) is 12.2. The number of primary amides is 1. The van der Waals surface area contributed by atoms with Gasteiger partial charge in [-0.2, -0.15) is 0 Å². The molecule has 0 fully saturated rings. The molecule has 13 heteroatoms. The van der Waals surface area contributed by atoms with Gasteiger partial charge < -0.3 is 37.6 Å². The minimum atomic E-state index is -1.65. The van der Waals surface area contributed by atoms with Gasteiger partial charge in [-0.15, -0.1) is 0 Å². The number of carbonyl (C=O) groups is 6. The third kappa shape index (κ3) is 10.9. The van der Waals surface area contributed by atoms with Crippen molar-refractivity contribution in [1.29, 1.82) is 0 Å². The van der Waals surface area contributed by atoms with Crippen molar-refractivity contribution >= 4 is 35.6 Å². The molecule has 13 nitrogen and oxygen atoms in total. The molecular weight excluding hydrogens is 522 g/mol. The third-order valence-electron chi connectivity index (χ3n) is 5.86. The predicted octanol–water partition coefficient (Wildman–Crippen LogP) is -0.922. The van der Waals surface area contributed by atoms with Crippen molar-refractivity contribution in [1.82, 2.24) is 16.0 Å². The molecule has 0 saturated heterocycles. The average Bonchev–Trinajstić information content (AvgIpc) is 2.91. The highest BCUT2D eigenvalue weighted by Crippen LogP contribution is 2.08. The number of nitrogens with two attached hydrogens (primary N) is 2. The summed E-state index contributed by atoms with van der Waals surface area (Å²) in [6.45, 7) is 0. The van der Waals surface area contributed by atoms with Gasteiger partial charge in [0, 0.05) is 19.3 Å². The monoisotopic (exact) mass is 555 g/mol. The molecule has 2 aromatic rings. The molecule has 0 saturated carbocycles. The highest BCUT2D eigenvalue weighted by molar-refractivity contribution is 5.95. The normalized spacial score (nSPS) is 13.6. The first kappa shape index (κ1) is 31.4. The Morgan fingerprint density at radius 2 is 1.12 bits per heavy atom. The van der Waals surface area contributed by atoms with Crippen LogP contribution < -0.4 is 27.4 Å². The second kappa shape index (κ2) is 15.6. The summed E-state index contributed by atoms with van der Waals surface area (Å²) in [6, 6.07) is 11.6. The van der Waals surface area contributed by atoms with Crippen molar-refractivity contribution in [2.24, 2.45) is 11.5 Å². The molecule has 2 rings (SSSR count). The van der Waals surface area contributed by atoms with E-state index in [1.807, 2.05) is 0 Å². The van der Waals surface area contributed by atoms with Gasteiger partial charge in [-0.25, -0.2) is 4.79 Å². The van der Waals surface area contributed by atoms with Crippen LogP contribution >= 0.6 is 0 Å². The fraction of sp³-hybridized carbons (Fsp3) is 0.333. The number of rotatable bonds is 16. The number of amides is 4. The molecule has 0 bridgehead atoms. The number of hydrogen-bond donors (Lipinski definition) is 7. The number of carboxylic acid groups (broad SMARTS) is 2. The van der Waals surface area contributed by atoms with Crippen LogP contribution in [0.25, 0.3) is 0 Å². The third-order valence-corrected chi connectivity index (χ3v) is 5.86. The fourth-order valence-electron chi connectivity index (χ4n) is 3.75. The van der Waals surface area contributed by atoms with E-state index in [9.17, 15) is 39.0 Å². The largest absolute Gasteiger partial charge is 0.481 e. The van der Waals surface area contributed by atoms with E-state index in [4.69, 9.17) is 11.5 Å². The number of carbonyl (C=O) groups excluding carboxylic acids is 4. The van der Waals surface area contributed by atoms with Gasteiger partial charge in [-0.1, -0.05) is 60.7 Å². The maximum atomic E-state index is 13.2. The van der Waals surface area contributed by atoms with Crippen LogP contribution in [0.2, 0.25) is 0 Å². The van der Waals surface area contributed by atoms with E-state index >= 15 is 0 Å². The number of benzene rings is 2. The Morgan fingerprint density at radius 3 is 1.60 bits per heavy atom. The zero-order chi connectivity index (χ0) is 29.7. The Morgan fingerprint density at radius 1 is 0.675 bits per heavy atom. The summed E-state index contributed by atoms with van der Waals surface area (Å²) in [7, 11) is 0. The van der Waals surface area contributed by atoms with Crippen LogP contribution in [0.4, 0.5) is 0 Å². The molecule has 4 amide bonds. The van der Waals surface area contributed by atoms with Crippen molar-refractivity contribution in [2.45, 2.75) is 56.3 Å². The summed E-state index contributed by atoms with van der Waals surface area (Å²) in [5.74, 6) is -6.11. The van der Waals surface area contributed by atoms with Crippen molar-refractivity contribution in [2.75, 3.05) is 0 Å². The van der Waals surface area contributed by atoms with E-state index in [0.29, 0.717) is 11.1 Å². The lowest BCUT2D eigenvalue weighted by atomic mass is 10.0. The van der Waals surface area contributed by atoms with E-state index in [1.165, 1.54) is 0 Å². The van der Waals surface area contributed by atoms with Gasteiger partial charge in [0.25, 0.3) is 0 Å². The molecule has 0 radical (unpaired) electrons. The second-order valence-electron chi connectivity index (χ2n) is 9.11. The number of carboxylic acids is 2. The van der Waals surface area contributed by atoms with Crippen LogP contribution in [-0.4, -0.2) is 69.9 Å². The molecule has 9 N–H and O–H groups in total. The Labute approximate surface area is 230 Å². The average molecular weight is 556 g/mol. The van der Waals surface area contributed by atoms with Crippen LogP contribution in [0.5, 0.6) is 0 Å². The number of aliphatic carboxylic acids is 2. The molecule has 40 heavy (non-hydrogen) atoms. The summed E-state index contributed by atoms with van der Waals surface area (Å²) >= 11 is 0. The van der Waals surface area contributed by atoms with Gasteiger partial charge in [0.05, 0.1) is 12.5 Å². The lowest BCUT2D eigenvalue weighted by Crippen LogP contribution is -2.58. The summed E-state index contributed by atoms with van der Waals surface area (Å²) < 4.78 is 0. The Kier molecular flexibility index (Phi) is 12.3. The van der Waals surface area contributed by atoms with Crippen molar-refractivity contribution in [3.63, 3.8) is 0 Å². The minimum absolute atomic E-state index is 0.0336. The first-order valence-electron chi connectivity index (χ1n) is 12.4. The number of hydrogen-bond acceptors (Lipinski definition) is 7. The highest BCUT2D eigenvalue weighted by Gasteiger charge is 2.32. The Balaban J connectivity index is 2.21. The van der Waals surface area contributed by atoms with Gasteiger partial charge in [0.1, 0.15) is 18.1 Å². The molecule has 0 spiro atoms. The standard InChI is InChI=1S/C27H33N5O8/c28-18(11-12-22(29)33)24(36)30-19(13-16-7-3-1-4-8-16)25(37)31-20(15-23(34)35)26(38)32-21(27(39)40)14-17-9-5-2-6-10-17/h1-10,18-21H,11-15,28H2,(H2,29,33)(H,30,36)(H,31,37)(H,32,38)(H,34,35)(H,39,40). The highest BCUT2D eigenvalue weighted by atomic mass is 16.4. The molecule has 0 aliphatic carbocycles. The predicted molar refractivity (Wildman–Crippen MR) is 142 cm³/mol. The summed E-state index contributed by atoms with van der Waals surface area (Å²) in [4.78, 5) is 73.2. The minimum Gasteiger partial charge on any atom is -0.481 e. The Hall–Kier alpha value is -4.78. The quantitative estimate of drug-likeness (QED) is 0.135. The van der Waals surface area contributed by atoms with Crippen molar-refractivity contribution < 1.29 is 39.0 Å². The van der Waals surface area contributed by atoms with Crippen LogP contribution in [-0.2, 0) is 41.6 Å². The molecule has 214 valence electrons. The molecule has 0 aliphatic rings. The van der Waals surface area contributed by atoms with E-state index in [2.05, 4.69) is 16.0 Å². The first-order chi connectivity index (χ1) is 19.0. The lowest BCUT2D eigenvalue weighted by molar-refractivity contribution is -0.143. The van der Waals surface area contributed by atoms with Crippen molar-refractivity contribution in [3.05, 3.63) is 71.8 Å². The SMILES string of the molecule is NC(=O)CCC(N)C(=O)NC(Cc1ccccc1)C(=O)NC(CC(=O)O)C(=O)NC(Cc1ccccc1)C(=O)O. The molecule has 4 atom stereocenters. The topological polar surface area (TPSA) is 231 Å². The van der Waals surface area contributed by atoms with Gasteiger partial charge in [0.2, 0.25) is 23.6 Å². The van der Waals surface area contributed by atoms with Gasteiger partial charge in [-0.3, -0.25) is 24.0 Å². The molecule has 0 aliphatic heterocycles. The maximum absolute atomic E-state index is 13.2. The zero-order valence-electron chi connectivity index (χ0n) is 21.6. The molecule has 0 heterocycles. The van der Waals surface area contributed by atoms with E-state index in [0.717, 1.165) is 0 Å². The maximum Gasteiger partial charge on any atom is 0.326 e. The zero-order valence-corrected chi connectivity index (χ0v) is 21.6. The molecular formula is C27H33N5O8. The smallest absolute Gasteiger partial charge is 0.326 e. The fourth-order valence-corrected chi connectivity index (χ4v) is 3.75. The van der Waals surface area contributed by atoms with E-state index < -0.39 is 66.2 Å². The van der Waals surface area contributed by atoms with E-state index in [1.54, 1.807) is 60.7 Å². The molecule has 0 aromatic heterocycles. The van der Waals surface area contributed by atoms with Crippen LogP contribution in [0.3, 0.4) is 0 Å². The van der Waals surface area contributed by atoms with E-state index in [-0.39, 0.29) is 25.7 Å². The first-order valence-corrected chi connectivity index (χ1v) is 12.4.